The van der Waals surface area contributed by atoms with Crippen molar-refractivity contribution in [1.82, 2.24) is 34.1 Å². The summed E-state index contributed by atoms with van der Waals surface area (Å²) in [5.41, 5.74) is 3.24. The molecule has 1 unspecified atom stereocenters. The van der Waals surface area contributed by atoms with E-state index in [1.165, 1.54) is 0 Å². The standard InChI is InChI=1S/C43H51ClN10O5S/c1-26(2)54-38-29(21-32(44)41(54)57)24-46-42(50-38)48-33-5-4-30(20-27(33)3)60(58,59)31-22-43(23-31)12-17-51(18-13-43)25-28-10-15-52(16-11-28)37-9-7-34(39-45-14-19-53(37)39)47-35-6-8-36(55)49-40(35)56/h4-5,7,9,14,19-21,24,26,28,31,35,47H,6,8,10-13,15-18,22-23,25H2,1-3H3,(H,46,48,50)(H,49,55,56). The van der Waals surface area contributed by atoms with Crippen LogP contribution in [0, 0.1) is 18.3 Å². The molecular weight excluding hydrogens is 804 g/mol. The highest BCUT2D eigenvalue weighted by molar-refractivity contribution is 7.92. The van der Waals surface area contributed by atoms with Crippen molar-refractivity contribution in [3.63, 3.8) is 0 Å². The summed E-state index contributed by atoms with van der Waals surface area (Å²) in [6.45, 7) is 10.6. The van der Waals surface area contributed by atoms with E-state index in [0.717, 1.165) is 81.1 Å². The minimum atomic E-state index is -3.49. The number of likely N-dealkylation sites (tertiary alicyclic amines) is 1. The number of sulfone groups is 1. The fourth-order valence-corrected chi connectivity index (χ4v) is 12.1. The predicted molar refractivity (Wildman–Crippen MR) is 232 cm³/mol. The summed E-state index contributed by atoms with van der Waals surface area (Å²) < 4.78 is 31.4. The van der Waals surface area contributed by atoms with Crippen LogP contribution >= 0.6 is 11.6 Å². The monoisotopic (exact) mass is 854 g/mol. The van der Waals surface area contributed by atoms with Gasteiger partial charge in [-0.2, -0.15) is 4.98 Å². The first-order valence-electron chi connectivity index (χ1n) is 21.0. The molecular formula is C43H51ClN10O5S. The average molecular weight is 855 g/mol. The van der Waals surface area contributed by atoms with Gasteiger partial charge in [0.25, 0.3) is 5.56 Å². The summed E-state index contributed by atoms with van der Waals surface area (Å²) in [4.78, 5) is 55.7. The van der Waals surface area contributed by atoms with E-state index in [1.807, 2.05) is 33.0 Å². The number of hydrogen-bond donors (Lipinski definition) is 3. The highest BCUT2D eigenvalue weighted by atomic mass is 35.5. The van der Waals surface area contributed by atoms with E-state index in [0.29, 0.717) is 59.2 Å². The summed E-state index contributed by atoms with van der Waals surface area (Å²) in [5.74, 6) is 1.45. The van der Waals surface area contributed by atoms with Crippen LogP contribution in [0.3, 0.4) is 0 Å². The highest BCUT2D eigenvalue weighted by Gasteiger charge is 2.51. The largest absolute Gasteiger partial charge is 0.371 e. The van der Waals surface area contributed by atoms with Gasteiger partial charge in [0.05, 0.1) is 15.8 Å². The number of nitrogens with zero attached hydrogens (tertiary/aromatic N) is 7. The van der Waals surface area contributed by atoms with Gasteiger partial charge in [-0.25, -0.2) is 18.4 Å². The lowest BCUT2D eigenvalue weighted by Crippen LogP contribution is -2.52. The number of benzene rings is 1. The number of imide groups is 1. The third-order valence-electron chi connectivity index (χ3n) is 13.2. The summed E-state index contributed by atoms with van der Waals surface area (Å²) in [7, 11) is -3.49. The number of anilines is 4. The SMILES string of the molecule is Cc1cc(S(=O)(=O)C2CC3(CCN(CC4CCN(c5ccc(NC6CCC(=O)NC6=O)c6nccn56)CC4)CC3)C2)ccc1Nc1ncc2cc(Cl)c(=O)n(C(C)C)c2n1. The van der Waals surface area contributed by atoms with Gasteiger partial charge in [0.15, 0.2) is 15.5 Å². The Kier molecular flexibility index (Phi) is 10.6. The number of fused-ring (bicyclic) bond motifs is 2. The second kappa shape index (κ2) is 15.8. The number of amides is 2. The molecule has 3 saturated heterocycles. The van der Waals surface area contributed by atoms with E-state index in [1.54, 1.807) is 41.2 Å². The van der Waals surface area contributed by atoms with Crippen LogP contribution in [0.5, 0.6) is 0 Å². The Balaban J connectivity index is 0.760. The molecule has 1 aliphatic carbocycles. The van der Waals surface area contributed by atoms with Crippen molar-refractivity contribution in [2.24, 2.45) is 11.3 Å². The molecule has 1 spiro atoms. The Bertz CT molecular complexity index is 2660. The minimum Gasteiger partial charge on any atom is -0.371 e. The molecule has 4 fully saturated rings. The lowest BCUT2D eigenvalue weighted by Gasteiger charge is -2.52. The van der Waals surface area contributed by atoms with Gasteiger partial charge in [-0.1, -0.05) is 11.6 Å². The number of aromatic nitrogens is 5. The Morgan fingerprint density at radius 1 is 0.950 bits per heavy atom. The number of carbonyl (C=O) groups excluding carboxylic acids is 2. The van der Waals surface area contributed by atoms with Gasteiger partial charge < -0.3 is 20.4 Å². The molecule has 3 aliphatic heterocycles. The van der Waals surface area contributed by atoms with Crippen LogP contribution in [0.15, 0.2) is 64.7 Å². The molecule has 1 atom stereocenters. The van der Waals surface area contributed by atoms with Crippen molar-refractivity contribution in [1.29, 1.82) is 0 Å². The zero-order valence-electron chi connectivity index (χ0n) is 34.2. The van der Waals surface area contributed by atoms with Crippen molar-refractivity contribution in [3.05, 3.63) is 75.9 Å². The first-order chi connectivity index (χ1) is 28.8. The second-order valence-corrected chi connectivity index (χ2v) is 20.2. The zero-order chi connectivity index (χ0) is 41.9. The van der Waals surface area contributed by atoms with E-state index < -0.39 is 15.9 Å². The molecule has 60 heavy (non-hydrogen) atoms. The third kappa shape index (κ3) is 7.62. The van der Waals surface area contributed by atoms with E-state index in [4.69, 9.17) is 11.6 Å². The average Bonchev–Trinajstić information content (AvgIpc) is 3.71. The molecule has 1 saturated carbocycles. The summed E-state index contributed by atoms with van der Waals surface area (Å²) >= 11 is 6.18. The maximum atomic E-state index is 13.9. The van der Waals surface area contributed by atoms with Crippen molar-refractivity contribution in [2.75, 3.05) is 48.3 Å². The summed E-state index contributed by atoms with van der Waals surface area (Å²) in [5, 5.41) is 9.31. The molecule has 316 valence electrons. The van der Waals surface area contributed by atoms with E-state index in [-0.39, 0.29) is 39.1 Å². The molecule has 0 bridgehead atoms. The number of imidazole rings is 1. The lowest BCUT2D eigenvalue weighted by molar-refractivity contribution is -0.133. The zero-order valence-corrected chi connectivity index (χ0v) is 35.7. The molecule has 2 amide bonds. The van der Waals surface area contributed by atoms with Crippen LogP contribution in [-0.2, 0) is 19.4 Å². The van der Waals surface area contributed by atoms with Crippen molar-refractivity contribution in [3.8, 4) is 0 Å². The topological polar surface area (TPSA) is 176 Å². The Hall–Kier alpha value is -5.06. The molecule has 1 aromatic carbocycles. The lowest BCUT2D eigenvalue weighted by atomic mass is 9.63. The molecule has 9 rings (SSSR count). The third-order valence-corrected chi connectivity index (χ3v) is 15.6. The van der Waals surface area contributed by atoms with E-state index in [9.17, 15) is 22.8 Å². The number of hydrogen-bond acceptors (Lipinski definition) is 12. The van der Waals surface area contributed by atoms with Crippen molar-refractivity contribution < 1.29 is 18.0 Å². The second-order valence-electron chi connectivity index (χ2n) is 17.5. The molecule has 15 nitrogen and oxygen atoms in total. The van der Waals surface area contributed by atoms with E-state index in [2.05, 4.69) is 51.2 Å². The predicted octanol–water partition coefficient (Wildman–Crippen LogP) is 5.88. The van der Waals surface area contributed by atoms with Crippen LogP contribution in [-0.4, -0.2) is 93.1 Å². The molecule has 4 aromatic heterocycles. The van der Waals surface area contributed by atoms with Gasteiger partial charge in [-0.15, -0.1) is 0 Å². The number of rotatable bonds is 10. The maximum absolute atomic E-state index is 13.9. The fraction of sp³-hybridized carbons (Fsp3) is 0.488. The van der Waals surface area contributed by atoms with Gasteiger partial charge in [-0.3, -0.25) is 28.7 Å². The first kappa shape index (κ1) is 40.4. The van der Waals surface area contributed by atoms with E-state index >= 15 is 0 Å². The number of piperidine rings is 3. The van der Waals surface area contributed by atoms with Crippen LogP contribution in [0.25, 0.3) is 16.7 Å². The maximum Gasteiger partial charge on any atom is 0.271 e. The normalized spacial score (nSPS) is 20.6. The van der Waals surface area contributed by atoms with Gasteiger partial charge in [0.1, 0.15) is 22.5 Å². The molecule has 17 heteroatoms. The molecule has 3 N–H and O–H groups in total. The Labute approximate surface area is 353 Å². The van der Waals surface area contributed by atoms with Crippen LogP contribution in [0.1, 0.15) is 76.8 Å². The number of nitrogens with one attached hydrogen (secondary N) is 3. The Morgan fingerprint density at radius 3 is 2.42 bits per heavy atom. The number of pyridine rings is 2. The molecule has 4 aliphatic rings. The molecule has 0 radical (unpaired) electrons. The quantitative estimate of drug-likeness (QED) is 0.143. The highest BCUT2D eigenvalue weighted by Crippen LogP contribution is 2.53. The van der Waals surface area contributed by atoms with Gasteiger partial charge >= 0.3 is 0 Å². The minimum absolute atomic E-state index is 0.0952. The number of carbonyl (C=O) groups is 2. The van der Waals surface area contributed by atoms with Crippen LogP contribution < -0.4 is 26.4 Å². The summed E-state index contributed by atoms with van der Waals surface area (Å²) in [6.07, 6.45) is 11.8. The Morgan fingerprint density at radius 2 is 1.70 bits per heavy atom. The van der Waals surface area contributed by atoms with Gasteiger partial charge in [0, 0.05) is 61.8 Å². The van der Waals surface area contributed by atoms with Gasteiger partial charge in [0.2, 0.25) is 17.8 Å². The summed E-state index contributed by atoms with van der Waals surface area (Å²) in [6, 6.07) is 10.2. The molecule has 5 aromatic rings. The van der Waals surface area contributed by atoms with Crippen molar-refractivity contribution >= 4 is 73.1 Å². The van der Waals surface area contributed by atoms with Crippen LogP contribution in [0.4, 0.5) is 23.1 Å². The number of aryl methyl sites for hydroxylation is 1. The van der Waals surface area contributed by atoms with Gasteiger partial charge in [-0.05, 0) is 132 Å². The molecule has 7 heterocycles. The van der Waals surface area contributed by atoms with Crippen molar-refractivity contribution in [2.45, 2.75) is 94.4 Å². The number of halogens is 1. The smallest absolute Gasteiger partial charge is 0.271 e. The first-order valence-corrected chi connectivity index (χ1v) is 22.9. The fourth-order valence-electron chi connectivity index (χ4n) is 9.74. The van der Waals surface area contributed by atoms with Crippen LogP contribution in [0.2, 0.25) is 5.02 Å².